The normalized spacial score (nSPS) is 30.7. The minimum Gasteiger partial charge on any atom is -0.483 e. The van der Waals surface area contributed by atoms with Gasteiger partial charge in [0.1, 0.15) is 11.6 Å². The molecule has 4 rings (SSSR count). The van der Waals surface area contributed by atoms with Crippen LogP contribution in [0.2, 0.25) is 0 Å². The standard InChI is InChI=1S/C19H21F4N5O4/c1-8(10-3-11(19(21,22)23)5-12(20)4-10)32-14-6-28-9(2)25-13(7-29)15-17(28,18(14,30)31)27-16(24)26-15/h3-5,13-15,25,29-31H,1-2,6-7H2,(H3,24,26,27)/t13-,14-,15?,17?/m0/s1. The summed E-state index contributed by atoms with van der Waals surface area (Å²) in [6.07, 6.45) is -6.30. The maximum Gasteiger partial charge on any atom is 0.416 e. The van der Waals surface area contributed by atoms with E-state index in [0.29, 0.717) is 12.1 Å². The summed E-state index contributed by atoms with van der Waals surface area (Å²) in [5.41, 5.74) is -3.37. The van der Waals surface area contributed by atoms with Crippen molar-refractivity contribution in [3.63, 3.8) is 0 Å². The van der Waals surface area contributed by atoms with Crippen molar-refractivity contribution in [1.29, 1.82) is 5.41 Å². The smallest absolute Gasteiger partial charge is 0.416 e. The van der Waals surface area contributed by atoms with E-state index in [9.17, 15) is 32.9 Å². The maximum absolute atomic E-state index is 13.8. The number of aliphatic hydroxyl groups excluding tert-OH is 1. The Bertz CT molecular complexity index is 1000. The van der Waals surface area contributed by atoms with Crippen LogP contribution in [0.15, 0.2) is 37.2 Å². The lowest BCUT2D eigenvalue weighted by molar-refractivity contribution is -0.261. The highest BCUT2D eigenvalue weighted by Crippen LogP contribution is 2.46. The van der Waals surface area contributed by atoms with Crippen molar-refractivity contribution in [2.75, 3.05) is 13.2 Å². The first-order valence-electron chi connectivity index (χ1n) is 9.47. The molecule has 0 aromatic heterocycles. The average Bonchev–Trinajstić information content (AvgIpc) is 3.15. The first kappa shape index (κ1) is 22.2. The van der Waals surface area contributed by atoms with Crippen molar-refractivity contribution in [3.8, 4) is 0 Å². The lowest BCUT2D eigenvalue weighted by Crippen LogP contribution is -2.78. The van der Waals surface area contributed by atoms with E-state index in [1.807, 2.05) is 0 Å². The Morgan fingerprint density at radius 2 is 1.97 bits per heavy atom. The van der Waals surface area contributed by atoms with Crippen molar-refractivity contribution >= 4 is 11.7 Å². The summed E-state index contributed by atoms with van der Waals surface area (Å²) in [7, 11) is 0. The summed E-state index contributed by atoms with van der Waals surface area (Å²) >= 11 is 0. The van der Waals surface area contributed by atoms with Crippen molar-refractivity contribution in [2.24, 2.45) is 0 Å². The van der Waals surface area contributed by atoms with Gasteiger partial charge in [0.2, 0.25) is 5.79 Å². The predicted molar refractivity (Wildman–Crippen MR) is 103 cm³/mol. The molecule has 4 atom stereocenters. The van der Waals surface area contributed by atoms with Crippen LogP contribution in [0, 0.1) is 11.2 Å². The molecule has 1 aromatic carbocycles. The second-order valence-corrected chi connectivity index (χ2v) is 7.86. The molecule has 3 aliphatic heterocycles. The van der Waals surface area contributed by atoms with E-state index >= 15 is 0 Å². The molecule has 0 radical (unpaired) electrons. The van der Waals surface area contributed by atoms with Crippen LogP contribution in [0.1, 0.15) is 11.1 Å². The van der Waals surface area contributed by atoms with Crippen molar-refractivity contribution in [1.82, 2.24) is 20.9 Å². The topological polar surface area (TPSA) is 133 Å². The first-order valence-corrected chi connectivity index (χ1v) is 9.47. The van der Waals surface area contributed by atoms with E-state index in [1.54, 1.807) is 0 Å². The summed E-state index contributed by atoms with van der Waals surface area (Å²) < 4.78 is 58.5. The zero-order valence-corrected chi connectivity index (χ0v) is 16.5. The Hall–Kier alpha value is -3.03. The summed E-state index contributed by atoms with van der Waals surface area (Å²) in [5, 5.41) is 48.2. The number of aliphatic hydroxyl groups is 3. The van der Waals surface area contributed by atoms with E-state index < -0.39 is 59.6 Å². The highest BCUT2D eigenvalue weighted by molar-refractivity contribution is 5.81. The zero-order chi connectivity index (χ0) is 23.6. The van der Waals surface area contributed by atoms with Gasteiger partial charge in [-0.05, 0) is 18.2 Å². The van der Waals surface area contributed by atoms with Gasteiger partial charge in [-0.1, -0.05) is 13.2 Å². The quantitative estimate of drug-likeness (QED) is 0.188. The number of halogens is 4. The molecule has 3 fully saturated rings. The second kappa shape index (κ2) is 6.98. The predicted octanol–water partition coefficient (Wildman–Crippen LogP) is -0.175. The van der Waals surface area contributed by atoms with Crippen molar-refractivity contribution in [2.45, 2.75) is 35.8 Å². The Balaban J connectivity index is 1.67. The van der Waals surface area contributed by atoms with E-state index in [2.05, 4.69) is 29.1 Å². The van der Waals surface area contributed by atoms with Crippen LogP contribution in [0.3, 0.4) is 0 Å². The lowest BCUT2D eigenvalue weighted by atomic mass is 9.85. The number of guanidine groups is 1. The van der Waals surface area contributed by atoms with Crippen molar-refractivity contribution < 1.29 is 37.6 Å². The van der Waals surface area contributed by atoms with Gasteiger partial charge in [0.05, 0.1) is 36.6 Å². The maximum atomic E-state index is 13.8. The third-order valence-corrected chi connectivity index (χ3v) is 5.96. The molecule has 9 nitrogen and oxygen atoms in total. The van der Waals surface area contributed by atoms with Gasteiger partial charge in [0.15, 0.2) is 17.7 Å². The van der Waals surface area contributed by atoms with Gasteiger partial charge in [-0.3, -0.25) is 5.41 Å². The Kier molecular flexibility index (Phi) is 4.84. The molecule has 1 spiro atoms. The number of benzene rings is 1. The lowest BCUT2D eigenvalue weighted by Gasteiger charge is -2.51. The molecular formula is C19H21F4N5O4. The van der Waals surface area contributed by atoms with Gasteiger partial charge in [-0.25, -0.2) is 4.39 Å². The molecule has 32 heavy (non-hydrogen) atoms. The molecule has 3 heterocycles. The molecule has 0 saturated carbocycles. The Labute approximate surface area is 179 Å². The Morgan fingerprint density at radius 3 is 2.59 bits per heavy atom. The highest BCUT2D eigenvalue weighted by atomic mass is 19.4. The first-order chi connectivity index (χ1) is 14.8. The number of nitrogens with zero attached hydrogens (tertiary/aromatic N) is 1. The van der Waals surface area contributed by atoms with E-state index in [0.717, 1.165) is 6.07 Å². The molecule has 2 unspecified atom stereocenters. The largest absolute Gasteiger partial charge is 0.483 e. The minimum atomic E-state index is -4.81. The van der Waals surface area contributed by atoms with Crippen LogP contribution >= 0.6 is 0 Å². The highest BCUT2D eigenvalue weighted by Gasteiger charge is 2.74. The number of ether oxygens (including phenoxy) is 1. The van der Waals surface area contributed by atoms with E-state index in [4.69, 9.17) is 10.1 Å². The molecule has 174 valence electrons. The fourth-order valence-electron chi connectivity index (χ4n) is 4.52. The number of alkyl halides is 3. The molecule has 3 aliphatic rings. The summed E-state index contributed by atoms with van der Waals surface area (Å²) in [6.45, 7) is 6.69. The van der Waals surface area contributed by atoms with E-state index in [1.165, 1.54) is 4.90 Å². The molecule has 0 bridgehead atoms. The Morgan fingerprint density at radius 1 is 1.28 bits per heavy atom. The number of nitrogens with one attached hydrogen (secondary N) is 4. The van der Waals surface area contributed by atoms with Gasteiger partial charge < -0.3 is 40.9 Å². The average molecular weight is 459 g/mol. The second-order valence-electron chi connectivity index (χ2n) is 7.86. The minimum absolute atomic E-state index is 0.193. The van der Waals surface area contributed by atoms with Crippen LogP contribution in [-0.2, 0) is 10.9 Å². The van der Waals surface area contributed by atoms with Crippen LogP contribution < -0.4 is 16.0 Å². The van der Waals surface area contributed by atoms with Gasteiger partial charge in [-0.15, -0.1) is 0 Å². The van der Waals surface area contributed by atoms with Crippen LogP contribution in [0.4, 0.5) is 17.6 Å². The van der Waals surface area contributed by atoms with Gasteiger partial charge >= 0.3 is 6.18 Å². The van der Waals surface area contributed by atoms with Crippen LogP contribution in [-0.4, -0.2) is 69.0 Å². The molecule has 3 saturated heterocycles. The monoisotopic (exact) mass is 459 g/mol. The van der Waals surface area contributed by atoms with E-state index in [-0.39, 0.29) is 23.9 Å². The third-order valence-electron chi connectivity index (χ3n) is 5.96. The number of hydrogen-bond acceptors (Lipinski definition) is 7. The van der Waals surface area contributed by atoms with Crippen molar-refractivity contribution in [3.05, 3.63) is 54.1 Å². The van der Waals surface area contributed by atoms with Crippen LogP contribution in [0.5, 0.6) is 0 Å². The molecule has 1 aromatic rings. The van der Waals surface area contributed by atoms with Gasteiger partial charge in [-0.2, -0.15) is 13.2 Å². The van der Waals surface area contributed by atoms with Gasteiger partial charge in [0, 0.05) is 5.56 Å². The number of hydrogen-bond donors (Lipinski definition) is 7. The molecular weight excluding hydrogens is 438 g/mol. The molecule has 0 aliphatic carbocycles. The fraction of sp³-hybridized carbons (Fsp3) is 0.421. The SMILES string of the molecule is C=C(O[C@H]1CN2C(=C)N[C@@H](CO)C3NC(=N)NC32C1(O)O)c1cc(F)cc(C(F)(F)F)c1. The van der Waals surface area contributed by atoms with Crippen LogP contribution in [0.25, 0.3) is 5.76 Å². The molecule has 0 amide bonds. The summed E-state index contributed by atoms with van der Waals surface area (Å²) in [6, 6.07) is 0.0624. The fourth-order valence-corrected chi connectivity index (χ4v) is 4.52. The summed E-state index contributed by atoms with van der Waals surface area (Å²) in [5.74, 6) is -4.38. The van der Waals surface area contributed by atoms with Gasteiger partial charge in [0.25, 0.3) is 0 Å². The third kappa shape index (κ3) is 3.07. The zero-order valence-electron chi connectivity index (χ0n) is 16.5. The molecule has 7 N–H and O–H groups in total. The molecule has 13 heteroatoms. The number of rotatable bonds is 4. The summed E-state index contributed by atoms with van der Waals surface area (Å²) in [4.78, 5) is 1.39.